The van der Waals surface area contributed by atoms with Gasteiger partial charge in [0.05, 0.1) is 13.2 Å². The van der Waals surface area contributed by atoms with E-state index in [1.807, 2.05) is 4.90 Å². The summed E-state index contributed by atoms with van der Waals surface area (Å²) in [7, 11) is 0. The Morgan fingerprint density at radius 1 is 1.31 bits per heavy atom. The molecule has 0 aliphatic carbocycles. The molecule has 16 heavy (non-hydrogen) atoms. The Kier molecular flexibility index (Phi) is 4.06. The van der Waals surface area contributed by atoms with Crippen LogP contribution in [0.5, 0.6) is 0 Å². The first-order valence-electron chi connectivity index (χ1n) is 5.54. The Hall–Kier alpha value is -0.750. The lowest BCUT2D eigenvalue weighted by atomic mass is 10.3. The minimum absolute atomic E-state index is 0.106. The summed E-state index contributed by atoms with van der Waals surface area (Å²) in [6.45, 7) is 3.96. The number of thioether (sulfide) groups is 1. The van der Waals surface area contributed by atoms with Gasteiger partial charge in [-0.1, -0.05) is 11.8 Å². The van der Waals surface area contributed by atoms with Gasteiger partial charge >= 0.3 is 0 Å². The van der Waals surface area contributed by atoms with E-state index >= 15 is 0 Å². The van der Waals surface area contributed by atoms with E-state index in [1.54, 1.807) is 4.90 Å². The second-order valence-corrected chi connectivity index (χ2v) is 4.89. The van der Waals surface area contributed by atoms with Crippen molar-refractivity contribution in [2.45, 2.75) is 6.42 Å². The van der Waals surface area contributed by atoms with Crippen molar-refractivity contribution in [2.75, 3.05) is 45.1 Å². The van der Waals surface area contributed by atoms with E-state index in [4.69, 9.17) is 4.74 Å². The number of amides is 2. The Bertz CT molecular complexity index is 279. The molecule has 2 saturated heterocycles. The Morgan fingerprint density at radius 2 is 2.06 bits per heavy atom. The van der Waals surface area contributed by atoms with Gasteiger partial charge in [-0.2, -0.15) is 0 Å². The minimum Gasteiger partial charge on any atom is -0.378 e. The van der Waals surface area contributed by atoms with Crippen LogP contribution in [0.4, 0.5) is 4.79 Å². The molecule has 0 aromatic carbocycles. The lowest BCUT2D eigenvalue weighted by Gasteiger charge is -2.27. The second-order valence-electron chi connectivity index (χ2n) is 3.84. The zero-order chi connectivity index (χ0) is 11.4. The average Bonchev–Trinajstić information content (AvgIpc) is 2.73. The predicted octanol–water partition coefficient (Wildman–Crippen LogP) is 0.404. The maximum Gasteiger partial charge on any atom is 0.281 e. The highest BCUT2D eigenvalue weighted by Crippen LogP contribution is 2.17. The van der Waals surface area contributed by atoms with Gasteiger partial charge in [0, 0.05) is 38.4 Å². The SMILES string of the molecule is O=C(CCN1CCSC1=O)N1CCOCC1. The molecule has 5 nitrogen and oxygen atoms in total. The summed E-state index contributed by atoms with van der Waals surface area (Å²) in [4.78, 5) is 26.7. The highest BCUT2D eigenvalue weighted by Gasteiger charge is 2.23. The maximum atomic E-state index is 11.8. The standard InChI is InChI=1S/C10H16N2O3S/c13-9(11-3-6-15-7-4-11)1-2-12-5-8-16-10(12)14/h1-8H2. The van der Waals surface area contributed by atoms with Crippen molar-refractivity contribution in [1.82, 2.24) is 9.80 Å². The van der Waals surface area contributed by atoms with E-state index in [9.17, 15) is 9.59 Å². The number of carbonyl (C=O) groups excluding carboxylic acids is 2. The lowest BCUT2D eigenvalue weighted by molar-refractivity contribution is -0.135. The molecule has 0 unspecified atom stereocenters. The Morgan fingerprint density at radius 3 is 2.69 bits per heavy atom. The van der Waals surface area contributed by atoms with Crippen molar-refractivity contribution < 1.29 is 14.3 Å². The van der Waals surface area contributed by atoms with Gasteiger partial charge in [0.25, 0.3) is 5.24 Å². The summed E-state index contributed by atoms with van der Waals surface area (Å²) in [6, 6.07) is 0. The zero-order valence-corrected chi connectivity index (χ0v) is 10.0. The van der Waals surface area contributed by atoms with Gasteiger partial charge in [-0.3, -0.25) is 9.59 Å². The summed E-state index contributed by atoms with van der Waals surface area (Å²) in [5.41, 5.74) is 0. The van der Waals surface area contributed by atoms with E-state index in [0.717, 1.165) is 12.3 Å². The van der Waals surface area contributed by atoms with Crippen molar-refractivity contribution in [3.63, 3.8) is 0 Å². The summed E-state index contributed by atoms with van der Waals surface area (Å²) in [5.74, 6) is 0.984. The largest absolute Gasteiger partial charge is 0.378 e. The summed E-state index contributed by atoms with van der Waals surface area (Å²) in [6.07, 6.45) is 0.437. The van der Waals surface area contributed by atoms with Crippen LogP contribution in [-0.4, -0.2) is 66.1 Å². The van der Waals surface area contributed by atoms with Gasteiger partial charge in [0.2, 0.25) is 5.91 Å². The van der Waals surface area contributed by atoms with Crippen LogP contribution >= 0.6 is 11.8 Å². The monoisotopic (exact) mass is 244 g/mol. The molecular formula is C10H16N2O3S. The highest BCUT2D eigenvalue weighted by atomic mass is 32.2. The van der Waals surface area contributed by atoms with E-state index in [1.165, 1.54) is 11.8 Å². The first-order chi connectivity index (χ1) is 7.77. The van der Waals surface area contributed by atoms with Gasteiger partial charge in [-0.15, -0.1) is 0 Å². The van der Waals surface area contributed by atoms with Crippen LogP contribution in [0.15, 0.2) is 0 Å². The molecule has 90 valence electrons. The number of rotatable bonds is 3. The van der Waals surface area contributed by atoms with Crippen molar-refractivity contribution in [3.8, 4) is 0 Å². The quantitative estimate of drug-likeness (QED) is 0.721. The summed E-state index contributed by atoms with van der Waals surface area (Å²) >= 11 is 1.33. The molecular weight excluding hydrogens is 228 g/mol. The summed E-state index contributed by atoms with van der Waals surface area (Å²) < 4.78 is 5.18. The fourth-order valence-corrected chi connectivity index (χ4v) is 2.68. The van der Waals surface area contributed by atoms with Crippen LogP contribution in [-0.2, 0) is 9.53 Å². The number of morpholine rings is 1. The molecule has 0 bridgehead atoms. The molecule has 2 aliphatic rings. The molecule has 2 heterocycles. The molecule has 2 fully saturated rings. The van der Waals surface area contributed by atoms with Gasteiger partial charge < -0.3 is 14.5 Å². The number of ether oxygens (including phenoxy) is 1. The molecule has 0 aromatic rings. The third kappa shape index (κ3) is 2.89. The molecule has 0 saturated carbocycles. The molecule has 6 heteroatoms. The number of hydrogen-bond donors (Lipinski definition) is 0. The molecule has 0 spiro atoms. The van der Waals surface area contributed by atoms with Crippen LogP contribution in [0.2, 0.25) is 0 Å². The highest BCUT2D eigenvalue weighted by molar-refractivity contribution is 8.13. The van der Waals surface area contributed by atoms with Gasteiger partial charge in [0.15, 0.2) is 0 Å². The molecule has 2 aliphatic heterocycles. The second kappa shape index (κ2) is 5.54. The third-order valence-electron chi connectivity index (χ3n) is 2.80. The molecule has 2 rings (SSSR count). The number of carbonyl (C=O) groups is 2. The maximum absolute atomic E-state index is 11.8. The topological polar surface area (TPSA) is 49.9 Å². The van der Waals surface area contributed by atoms with Crippen molar-refractivity contribution in [3.05, 3.63) is 0 Å². The molecule has 0 radical (unpaired) electrons. The third-order valence-corrected chi connectivity index (χ3v) is 3.70. The zero-order valence-electron chi connectivity index (χ0n) is 9.18. The molecule has 0 aromatic heterocycles. The lowest BCUT2D eigenvalue weighted by Crippen LogP contribution is -2.42. The van der Waals surface area contributed by atoms with Crippen molar-refractivity contribution in [2.24, 2.45) is 0 Å². The van der Waals surface area contributed by atoms with Crippen molar-refractivity contribution in [1.29, 1.82) is 0 Å². The first-order valence-corrected chi connectivity index (χ1v) is 6.53. The van der Waals surface area contributed by atoms with Crippen LogP contribution in [0.3, 0.4) is 0 Å². The normalized spacial score (nSPS) is 21.6. The van der Waals surface area contributed by atoms with Gasteiger partial charge in [0.1, 0.15) is 0 Å². The van der Waals surface area contributed by atoms with E-state index in [2.05, 4.69) is 0 Å². The van der Waals surface area contributed by atoms with E-state index in [-0.39, 0.29) is 11.1 Å². The van der Waals surface area contributed by atoms with Gasteiger partial charge in [-0.25, -0.2) is 0 Å². The number of hydrogen-bond acceptors (Lipinski definition) is 4. The van der Waals surface area contributed by atoms with Crippen LogP contribution < -0.4 is 0 Å². The first kappa shape index (κ1) is 11.7. The minimum atomic E-state index is 0.106. The summed E-state index contributed by atoms with van der Waals surface area (Å²) in [5, 5.41) is 0.106. The van der Waals surface area contributed by atoms with Crippen LogP contribution in [0.25, 0.3) is 0 Å². The van der Waals surface area contributed by atoms with E-state index in [0.29, 0.717) is 39.3 Å². The fourth-order valence-electron chi connectivity index (χ4n) is 1.83. The molecule has 0 atom stereocenters. The Labute approximate surface area is 99.1 Å². The van der Waals surface area contributed by atoms with Gasteiger partial charge in [-0.05, 0) is 0 Å². The van der Waals surface area contributed by atoms with Crippen molar-refractivity contribution >= 4 is 22.9 Å². The number of nitrogens with zero attached hydrogens (tertiary/aromatic N) is 2. The van der Waals surface area contributed by atoms with E-state index < -0.39 is 0 Å². The Balaban J connectivity index is 1.72. The molecule has 0 N–H and O–H groups in total. The van der Waals surface area contributed by atoms with Crippen LogP contribution in [0.1, 0.15) is 6.42 Å². The average molecular weight is 244 g/mol. The fraction of sp³-hybridized carbons (Fsp3) is 0.800. The smallest absolute Gasteiger partial charge is 0.281 e. The molecule has 2 amide bonds. The predicted molar refractivity (Wildman–Crippen MR) is 61.4 cm³/mol. The van der Waals surface area contributed by atoms with Crippen LogP contribution in [0, 0.1) is 0 Å².